The number of nitrogens with zero attached hydrogens (tertiary/aromatic N) is 1. The fraction of sp³-hybridized carbons (Fsp3) is 0.833. The quantitative estimate of drug-likeness (QED) is 0.428. The molecule has 0 saturated heterocycles. The van der Waals surface area contributed by atoms with Gasteiger partial charge in [0, 0.05) is 12.8 Å². The van der Waals surface area contributed by atoms with Crippen molar-refractivity contribution in [3.05, 3.63) is 0 Å². The first-order chi connectivity index (χ1) is 4.64. The van der Waals surface area contributed by atoms with E-state index in [9.17, 15) is 13.6 Å². The van der Waals surface area contributed by atoms with Gasteiger partial charge in [0.25, 0.3) is 0 Å². The first-order valence-corrected chi connectivity index (χ1v) is 3.05. The fourth-order valence-electron chi connectivity index (χ4n) is 1.08. The van der Waals surface area contributed by atoms with E-state index in [2.05, 4.69) is 4.99 Å². The minimum Gasteiger partial charge on any atom is -0.211 e. The Hall–Kier alpha value is -0.760. The molecule has 1 fully saturated rings. The van der Waals surface area contributed by atoms with Crippen LogP contribution >= 0.6 is 0 Å². The zero-order valence-corrected chi connectivity index (χ0v) is 5.31. The SMILES string of the molecule is O=C=NCC1CC(F)(F)C1. The minimum atomic E-state index is -2.50. The zero-order chi connectivity index (χ0) is 7.61. The van der Waals surface area contributed by atoms with Crippen molar-refractivity contribution in [1.82, 2.24) is 0 Å². The lowest BCUT2D eigenvalue weighted by molar-refractivity contribution is -0.107. The van der Waals surface area contributed by atoms with Crippen LogP contribution in [0.4, 0.5) is 8.78 Å². The molecule has 0 heterocycles. The predicted octanol–water partition coefficient (Wildman–Crippen LogP) is 1.37. The average Bonchev–Trinajstić information content (AvgIpc) is 1.78. The molecule has 0 aliphatic heterocycles. The Morgan fingerprint density at radius 1 is 1.60 bits per heavy atom. The lowest BCUT2D eigenvalue weighted by Gasteiger charge is -2.33. The molecule has 0 aromatic heterocycles. The van der Waals surface area contributed by atoms with Crippen LogP contribution in [0.2, 0.25) is 0 Å². The number of isocyanates is 1. The fourth-order valence-corrected chi connectivity index (χ4v) is 1.08. The van der Waals surface area contributed by atoms with E-state index in [1.54, 1.807) is 0 Å². The number of rotatable bonds is 2. The maximum atomic E-state index is 12.1. The van der Waals surface area contributed by atoms with Gasteiger partial charge in [0.2, 0.25) is 12.0 Å². The van der Waals surface area contributed by atoms with Crippen LogP contribution in [0.3, 0.4) is 0 Å². The van der Waals surface area contributed by atoms with Gasteiger partial charge in [-0.1, -0.05) is 0 Å². The van der Waals surface area contributed by atoms with E-state index in [1.807, 2.05) is 0 Å². The summed E-state index contributed by atoms with van der Waals surface area (Å²) in [5.74, 6) is -2.60. The van der Waals surface area contributed by atoms with Gasteiger partial charge in [0.1, 0.15) is 0 Å². The standard InChI is InChI=1S/C6H7F2NO/c7-6(8)1-5(2-6)3-9-4-10/h5H,1-3H2. The van der Waals surface area contributed by atoms with Gasteiger partial charge >= 0.3 is 0 Å². The van der Waals surface area contributed by atoms with Crippen molar-refractivity contribution in [1.29, 1.82) is 0 Å². The van der Waals surface area contributed by atoms with Crippen LogP contribution in [0.5, 0.6) is 0 Å². The smallest absolute Gasteiger partial charge is 0.211 e. The second-order valence-corrected chi connectivity index (χ2v) is 2.56. The van der Waals surface area contributed by atoms with Crippen molar-refractivity contribution in [3.63, 3.8) is 0 Å². The van der Waals surface area contributed by atoms with Crippen LogP contribution in [0.1, 0.15) is 12.8 Å². The largest absolute Gasteiger partial charge is 0.248 e. The molecule has 1 saturated carbocycles. The Morgan fingerprint density at radius 3 is 2.60 bits per heavy atom. The van der Waals surface area contributed by atoms with Crippen LogP contribution < -0.4 is 0 Å². The normalized spacial score (nSPS) is 23.0. The molecule has 0 aromatic carbocycles. The Morgan fingerprint density at radius 2 is 2.20 bits per heavy atom. The lowest BCUT2D eigenvalue weighted by Crippen LogP contribution is -2.36. The third-order valence-electron chi connectivity index (χ3n) is 1.59. The van der Waals surface area contributed by atoms with E-state index in [1.165, 1.54) is 6.08 Å². The monoisotopic (exact) mass is 147 g/mol. The van der Waals surface area contributed by atoms with Gasteiger partial charge in [-0.15, -0.1) is 0 Å². The Bertz CT molecular complexity index is 167. The van der Waals surface area contributed by atoms with Gasteiger partial charge in [0.05, 0.1) is 6.54 Å². The van der Waals surface area contributed by atoms with Crippen LogP contribution in [-0.2, 0) is 4.79 Å². The average molecular weight is 147 g/mol. The first-order valence-electron chi connectivity index (χ1n) is 3.05. The summed E-state index contributed by atoms with van der Waals surface area (Å²) >= 11 is 0. The highest BCUT2D eigenvalue weighted by atomic mass is 19.3. The van der Waals surface area contributed by atoms with Crippen molar-refractivity contribution in [3.8, 4) is 0 Å². The zero-order valence-electron chi connectivity index (χ0n) is 5.31. The number of hydrogen-bond acceptors (Lipinski definition) is 2. The third-order valence-corrected chi connectivity index (χ3v) is 1.59. The van der Waals surface area contributed by atoms with Crippen molar-refractivity contribution in [2.45, 2.75) is 18.8 Å². The number of halogens is 2. The molecule has 0 amide bonds. The first kappa shape index (κ1) is 7.35. The van der Waals surface area contributed by atoms with Crippen LogP contribution in [-0.4, -0.2) is 18.5 Å². The van der Waals surface area contributed by atoms with E-state index in [-0.39, 0.29) is 25.3 Å². The van der Waals surface area contributed by atoms with Crippen molar-refractivity contribution in [2.24, 2.45) is 10.9 Å². The molecular weight excluding hydrogens is 140 g/mol. The maximum Gasteiger partial charge on any atom is 0.248 e. The molecule has 0 bridgehead atoms. The molecule has 0 atom stereocenters. The molecule has 1 aliphatic carbocycles. The topological polar surface area (TPSA) is 29.4 Å². The van der Waals surface area contributed by atoms with Gasteiger partial charge in [-0.05, 0) is 5.92 Å². The molecule has 0 spiro atoms. The Balaban J connectivity index is 2.20. The summed E-state index contributed by atoms with van der Waals surface area (Å²) in [5.41, 5.74) is 0. The van der Waals surface area contributed by atoms with Crippen molar-refractivity contribution < 1.29 is 13.6 Å². The summed E-state index contributed by atoms with van der Waals surface area (Å²) in [7, 11) is 0. The molecule has 4 heteroatoms. The van der Waals surface area contributed by atoms with E-state index >= 15 is 0 Å². The molecule has 1 aliphatic rings. The Kier molecular flexibility index (Phi) is 1.81. The molecule has 0 N–H and O–H groups in total. The van der Waals surface area contributed by atoms with Gasteiger partial charge in [-0.2, -0.15) is 0 Å². The van der Waals surface area contributed by atoms with E-state index in [0.29, 0.717) is 0 Å². The second-order valence-electron chi connectivity index (χ2n) is 2.56. The third kappa shape index (κ3) is 1.61. The number of carbonyl (C=O) groups excluding carboxylic acids is 1. The Labute approximate surface area is 56.9 Å². The van der Waals surface area contributed by atoms with E-state index in [0.717, 1.165) is 0 Å². The lowest BCUT2D eigenvalue weighted by atomic mass is 9.81. The van der Waals surface area contributed by atoms with Gasteiger partial charge < -0.3 is 0 Å². The van der Waals surface area contributed by atoms with Crippen LogP contribution in [0.15, 0.2) is 4.99 Å². The molecule has 0 radical (unpaired) electrons. The van der Waals surface area contributed by atoms with Crippen molar-refractivity contribution >= 4 is 6.08 Å². The summed E-state index contributed by atoms with van der Waals surface area (Å²) in [6, 6.07) is 0. The second kappa shape index (κ2) is 2.46. The van der Waals surface area contributed by atoms with E-state index in [4.69, 9.17) is 0 Å². The summed E-state index contributed by atoms with van der Waals surface area (Å²) in [4.78, 5) is 12.8. The predicted molar refractivity (Wildman–Crippen MR) is 30.7 cm³/mol. The minimum absolute atomic E-state index is 0.101. The number of aliphatic imine (C=N–C) groups is 1. The molecule has 10 heavy (non-hydrogen) atoms. The summed E-state index contributed by atoms with van der Waals surface area (Å²) in [5, 5.41) is 0. The van der Waals surface area contributed by atoms with Crippen LogP contribution in [0.25, 0.3) is 0 Å². The van der Waals surface area contributed by atoms with E-state index < -0.39 is 5.92 Å². The molecule has 0 unspecified atom stereocenters. The molecule has 56 valence electrons. The van der Waals surface area contributed by atoms with Crippen LogP contribution in [0, 0.1) is 5.92 Å². The highest BCUT2D eigenvalue weighted by molar-refractivity contribution is 5.32. The van der Waals surface area contributed by atoms with Gasteiger partial charge in [-0.25, -0.2) is 18.6 Å². The summed E-state index contributed by atoms with van der Waals surface area (Å²) < 4.78 is 24.2. The number of alkyl halides is 2. The molecule has 2 nitrogen and oxygen atoms in total. The molecule has 0 aromatic rings. The highest BCUT2D eigenvalue weighted by Crippen LogP contribution is 2.42. The molecular formula is C6H7F2NO. The van der Waals surface area contributed by atoms with Gasteiger partial charge in [0.15, 0.2) is 0 Å². The number of hydrogen-bond donors (Lipinski definition) is 0. The summed E-state index contributed by atoms with van der Waals surface area (Å²) in [6.07, 6.45) is 1.07. The molecule has 1 rings (SSSR count). The summed E-state index contributed by atoms with van der Waals surface area (Å²) in [6.45, 7) is 0.207. The highest BCUT2D eigenvalue weighted by Gasteiger charge is 2.44. The van der Waals surface area contributed by atoms with Crippen molar-refractivity contribution in [2.75, 3.05) is 6.54 Å². The van der Waals surface area contributed by atoms with Gasteiger partial charge in [-0.3, -0.25) is 0 Å². The maximum absolute atomic E-state index is 12.1.